The lowest BCUT2D eigenvalue weighted by Gasteiger charge is -2.09. The molecule has 4 nitrogen and oxygen atoms in total. The van der Waals surface area contributed by atoms with Crippen LogP contribution in [0.15, 0.2) is 76.8 Å². The zero-order valence-corrected chi connectivity index (χ0v) is 16.5. The van der Waals surface area contributed by atoms with E-state index in [0.717, 1.165) is 33.8 Å². The first-order valence-corrected chi connectivity index (χ1v) is 9.54. The van der Waals surface area contributed by atoms with Gasteiger partial charge in [0.25, 0.3) is 0 Å². The lowest BCUT2D eigenvalue weighted by Crippen LogP contribution is -2.19. The highest BCUT2D eigenvalue weighted by atomic mass is 35.5. The summed E-state index contributed by atoms with van der Waals surface area (Å²) in [5.74, 6) is 1.53. The van der Waals surface area contributed by atoms with E-state index in [-0.39, 0.29) is 0 Å². The molecule has 0 unspecified atom stereocenters. The van der Waals surface area contributed by atoms with Crippen LogP contribution in [0.4, 0.5) is 5.69 Å². The van der Waals surface area contributed by atoms with Crippen molar-refractivity contribution in [3.63, 3.8) is 0 Å². The maximum atomic E-state index is 6.28. The summed E-state index contributed by atoms with van der Waals surface area (Å²) in [7, 11) is 0. The van der Waals surface area contributed by atoms with E-state index in [9.17, 15) is 0 Å². The molecule has 0 aromatic heterocycles. The summed E-state index contributed by atoms with van der Waals surface area (Å²) >= 11 is 6.28. The van der Waals surface area contributed by atoms with Gasteiger partial charge in [-0.15, -0.1) is 0 Å². The molecule has 0 saturated carbocycles. The van der Waals surface area contributed by atoms with Gasteiger partial charge in [0.15, 0.2) is 5.84 Å². The van der Waals surface area contributed by atoms with Crippen molar-refractivity contribution in [3.05, 3.63) is 94.0 Å². The van der Waals surface area contributed by atoms with Crippen LogP contribution in [0.5, 0.6) is 5.75 Å². The van der Waals surface area contributed by atoms with Crippen molar-refractivity contribution < 1.29 is 4.74 Å². The van der Waals surface area contributed by atoms with Crippen LogP contribution in [0.25, 0.3) is 0 Å². The molecular formula is C23H20ClN3O. The molecule has 0 saturated heterocycles. The summed E-state index contributed by atoms with van der Waals surface area (Å²) < 4.78 is 5.55. The van der Waals surface area contributed by atoms with Gasteiger partial charge in [-0.3, -0.25) is 5.43 Å². The first-order chi connectivity index (χ1) is 13.6. The Bertz CT molecular complexity index is 1050. The van der Waals surface area contributed by atoms with Crippen molar-refractivity contribution in [2.24, 2.45) is 10.1 Å². The molecule has 0 spiro atoms. The zero-order chi connectivity index (χ0) is 19.5. The number of ether oxygens (including phenoxy) is 1. The smallest absolute Gasteiger partial charge is 0.154 e. The Morgan fingerprint density at radius 1 is 0.929 bits per heavy atom. The summed E-state index contributed by atoms with van der Waals surface area (Å²) in [4.78, 5) is 4.81. The fourth-order valence-electron chi connectivity index (χ4n) is 3.05. The summed E-state index contributed by atoms with van der Waals surface area (Å²) in [6.45, 7) is 4.66. The number of amidine groups is 1. The van der Waals surface area contributed by atoms with E-state index >= 15 is 0 Å². The van der Waals surface area contributed by atoms with Crippen molar-refractivity contribution >= 4 is 28.8 Å². The van der Waals surface area contributed by atoms with Crippen molar-refractivity contribution in [2.75, 3.05) is 6.61 Å². The van der Waals surface area contributed by atoms with Gasteiger partial charge in [0.1, 0.15) is 11.5 Å². The molecule has 28 heavy (non-hydrogen) atoms. The van der Waals surface area contributed by atoms with Crippen LogP contribution in [-0.4, -0.2) is 18.2 Å². The zero-order valence-electron chi connectivity index (χ0n) is 15.7. The quantitative estimate of drug-likeness (QED) is 0.642. The van der Waals surface area contributed by atoms with Crippen LogP contribution in [0, 0.1) is 6.92 Å². The molecule has 0 amide bonds. The van der Waals surface area contributed by atoms with Crippen molar-refractivity contribution in [1.82, 2.24) is 5.43 Å². The van der Waals surface area contributed by atoms with Crippen molar-refractivity contribution in [2.45, 2.75) is 13.8 Å². The van der Waals surface area contributed by atoms with Gasteiger partial charge < -0.3 is 4.74 Å². The Morgan fingerprint density at radius 3 is 2.36 bits per heavy atom. The van der Waals surface area contributed by atoms with Gasteiger partial charge in [-0.25, -0.2) is 4.99 Å². The van der Waals surface area contributed by atoms with E-state index in [1.807, 2.05) is 61.5 Å². The lowest BCUT2D eigenvalue weighted by molar-refractivity contribution is 0.340. The Morgan fingerprint density at radius 2 is 1.64 bits per heavy atom. The predicted octanol–water partition coefficient (Wildman–Crippen LogP) is 5.48. The number of aryl methyl sites for hydroxylation is 1. The summed E-state index contributed by atoms with van der Waals surface area (Å²) in [5, 5.41) is 5.31. The standard InChI is InChI=1S/C23H20ClN3O/c1-3-28-19-11-8-16(9-12-19)22-20-14-18(24)10-13-21(20)25-23(27-26-22)17-6-4-15(2)5-7-17/h4-14H,3H2,1-2H3,(H,25,27). The first kappa shape index (κ1) is 18.3. The Kier molecular flexibility index (Phi) is 5.13. The molecule has 1 N–H and O–H groups in total. The maximum Gasteiger partial charge on any atom is 0.154 e. The number of hydrogen-bond acceptors (Lipinski definition) is 4. The van der Waals surface area contributed by atoms with E-state index in [1.54, 1.807) is 0 Å². The van der Waals surface area contributed by atoms with Crippen molar-refractivity contribution in [3.8, 4) is 5.75 Å². The molecule has 0 fully saturated rings. The molecule has 0 aliphatic carbocycles. The minimum absolute atomic E-state index is 0.633. The third kappa shape index (κ3) is 3.78. The minimum atomic E-state index is 0.633. The molecule has 1 heterocycles. The molecule has 0 atom stereocenters. The van der Waals surface area contributed by atoms with E-state index in [4.69, 9.17) is 21.3 Å². The monoisotopic (exact) mass is 389 g/mol. The first-order valence-electron chi connectivity index (χ1n) is 9.16. The average Bonchev–Trinajstić information content (AvgIpc) is 2.89. The molecular weight excluding hydrogens is 370 g/mol. The number of nitrogens with zero attached hydrogens (tertiary/aromatic N) is 2. The molecule has 140 valence electrons. The number of aliphatic imine (C=N–C) groups is 1. The summed E-state index contributed by atoms with van der Waals surface area (Å²) in [6.07, 6.45) is 0. The number of benzene rings is 3. The Labute approximate surface area is 169 Å². The molecule has 0 radical (unpaired) electrons. The average molecular weight is 390 g/mol. The summed E-state index contributed by atoms with van der Waals surface area (Å²) in [5.41, 5.74) is 8.75. The van der Waals surface area contributed by atoms with E-state index < -0.39 is 0 Å². The molecule has 5 heteroatoms. The van der Waals surface area contributed by atoms with Gasteiger partial charge in [0.2, 0.25) is 0 Å². The minimum Gasteiger partial charge on any atom is -0.494 e. The number of hydrazone groups is 1. The molecule has 1 aliphatic rings. The van der Waals surface area contributed by atoms with E-state index in [0.29, 0.717) is 17.5 Å². The van der Waals surface area contributed by atoms with Crippen LogP contribution in [0.2, 0.25) is 5.02 Å². The second-order valence-electron chi connectivity index (χ2n) is 6.52. The van der Waals surface area contributed by atoms with Crippen LogP contribution < -0.4 is 10.2 Å². The van der Waals surface area contributed by atoms with Gasteiger partial charge in [0, 0.05) is 21.7 Å². The lowest BCUT2D eigenvalue weighted by atomic mass is 10.0. The van der Waals surface area contributed by atoms with Gasteiger partial charge >= 0.3 is 0 Å². The number of fused-ring (bicyclic) bond motifs is 1. The Balaban J connectivity index is 1.79. The largest absolute Gasteiger partial charge is 0.494 e. The van der Waals surface area contributed by atoms with Crippen LogP contribution in [0.1, 0.15) is 29.2 Å². The predicted molar refractivity (Wildman–Crippen MR) is 115 cm³/mol. The highest BCUT2D eigenvalue weighted by Crippen LogP contribution is 2.29. The van der Waals surface area contributed by atoms with Gasteiger partial charge in [-0.2, -0.15) is 5.10 Å². The topological polar surface area (TPSA) is 46.0 Å². The number of hydrogen-bond donors (Lipinski definition) is 1. The SMILES string of the molecule is CCOc1ccc(C2=NNC(c3ccc(C)cc3)=Nc3ccc(Cl)cc32)cc1. The van der Waals surface area contributed by atoms with Crippen molar-refractivity contribution in [1.29, 1.82) is 0 Å². The second-order valence-corrected chi connectivity index (χ2v) is 6.95. The third-order valence-corrected chi connectivity index (χ3v) is 4.72. The molecule has 4 rings (SSSR count). The van der Waals surface area contributed by atoms with Gasteiger partial charge in [0.05, 0.1) is 12.3 Å². The third-order valence-electron chi connectivity index (χ3n) is 4.48. The molecule has 1 aliphatic heterocycles. The molecule has 3 aromatic rings. The highest BCUT2D eigenvalue weighted by molar-refractivity contribution is 6.31. The van der Waals surface area contributed by atoms with Crippen LogP contribution >= 0.6 is 11.6 Å². The van der Waals surface area contributed by atoms with Gasteiger partial charge in [-0.05, 0) is 56.3 Å². The number of nitrogens with one attached hydrogen (secondary N) is 1. The number of rotatable bonds is 4. The molecule has 0 bridgehead atoms. The normalized spacial score (nSPS) is 13.0. The number of halogens is 1. The van der Waals surface area contributed by atoms with Crippen LogP contribution in [0.3, 0.4) is 0 Å². The fourth-order valence-corrected chi connectivity index (χ4v) is 3.22. The van der Waals surface area contributed by atoms with Gasteiger partial charge in [-0.1, -0.05) is 41.4 Å². The highest BCUT2D eigenvalue weighted by Gasteiger charge is 2.18. The summed E-state index contributed by atoms with van der Waals surface area (Å²) in [6, 6.07) is 21.7. The van der Waals surface area contributed by atoms with Crippen LogP contribution in [-0.2, 0) is 0 Å². The maximum absolute atomic E-state index is 6.28. The second kappa shape index (κ2) is 7.87. The Hall–Kier alpha value is -3.11. The molecule has 3 aromatic carbocycles. The van der Waals surface area contributed by atoms with E-state index in [2.05, 4.69) is 29.6 Å². The fraction of sp³-hybridized carbons (Fsp3) is 0.130. The van der Waals surface area contributed by atoms with E-state index in [1.165, 1.54) is 5.56 Å².